The molecule has 0 heterocycles. The predicted octanol–water partition coefficient (Wildman–Crippen LogP) is 3.85. The summed E-state index contributed by atoms with van der Waals surface area (Å²) in [7, 11) is 1.58. The zero-order valence-corrected chi connectivity index (χ0v) is 12.7. The normalized spacial score (nSPS) is 16.2. The van der Waals surface area contributed by atoms with E-state index in [1.807, 2.05) is 19.9 Å². The third-order valence-corrected chi connectivity index (χ3v) is 3.87. The lowest BCUT2D eigenvalue weighted by Crippen LogP contribution is -2.32. The van der Waals surface area contributed by atoms with E-state index in [0.29, 0.717) is 16.5 Å². The summed E-state index contributed by atoms with van der Waals surface area (Å²) in [6, 6.07) is 3.55. The summed E-state index contributed by atoms with van der Waals surface area (Å²) in [5, 5.41) is 0.542. The number of halogens is 1. The molecule has 0 bridgehead atoms. The first kappa shape index (κ1) is 14.9. The third kappa shape index (κ3) is 2.67. The Balaban J connectivity index is 2.47. The van der Waals surface area contributed by atoms with Crippen molar-refractivity contribution in [1.29, 1.82) is 0 Å². The van der Waals surface area contributed by atoms with Crippen LogP contribution in [-0.4, -0.2) is 19.3 Å². The van der Waals surface area contributed by atoms with Gasteiger partial charge in [-0.05, 0) is 39.2 Å². The fraction of sp³-hybridized carbons (Fsp3) is 0.533. The Morgan fingerprint density at radius 2 is 2.05 bits per heavy atom. The van der Waals surface area contributed by atoms with Crippen LogP contribution in [0.4, 0.5) is 0 Å². The monoisotopic (exact) mass is 295 g/mol. The van der Waals surface area contributed by atoms with Crippen molar-refractivity contribution in [3.63, 3.8) is 0 Å². The number of methoxy groups -OCH3 is 1. The minimum atomic E-state index is -0.539. The zero-order valence-electron chi connectivity index (χ0n) is 11.9. The molecule has 1 aliphatic rings. The van der Waals surface area contributed by atoms with E-state index in [-0.39, 0.29) is 6.10 Å². The summed E-state index contributed by atoms with van der Waals surface area (Å²) in [6.07, 6.45) is 4.31. The molecule has 1 saturated carbocycles. The summed E-state index contributed by atoms with van der Waals surface area (Å²) < 4.78 is 11.0. The van der Waals surface area contributed by atoms with Crippen molar-refractivity contribution in [2.75, 3.05) is 7.11 Å². The van der Waals surface area contributed by atoms with Gasteiger partial charge in [-0.25, -0.2) is 4.79 Å². The first-order valence-electron chi connectivity index (χ1n) is 6.66. The van der Waals surface area contributed by atoms with Crippen LogP contribution in [0.5, 0.6) is 11.5 Å². The van der Waals surface area contributed by atoms with Crippen molar-refractivity contribution in [2.24, 2.45) is 4.99 Å². The predicted molar refractivity (Wildman–Crippen MR) is 77.4 cm³/mol. The number of hydrogen-bond donors (Lipinski definition) is 0. The lowest BCUT2D eigenvalue weighted by Gasteiger charge is -2.38. The highest BCUT2D eigenvalue weighted by Crippen LogP contribution is 2.49. The van der Waals surface area contributed by atoms with E-state index in [1.54, 1.807) is 19.3 Å². The molecule has 0 spiro atoms. The van der Waals surface area contributed by atoms with E-state index < -0.39 is 5.54 Å². The first-order valence-corrected chi connectivity index (χ1v) is 7.04. The number of nitrogens with zero attached hydrogens (tertiary/aromatic N) is 1. The topological polar surface area (TPSA) is 47.9 Å². The van der Waals surface area contributed by atoms with Gasteiger partial charge in [0.1, 0.15) is 0 Å². The molecule has 5 heteroatoms. The SMILES string of the molecule is COc1cc(C2(N=C=O)CCC2)c(Cl)cc1OC(C)C. The largest absolute Gasteiger partial charge is 0.493 e. The lowest BCUT2D eigenvalue weighted by molar-refractivity contribution is 0.227. The fourth-order valence-electron chi connectivity index (χ4n) is 2.44. The summed E-state index contributed by atoms with van der Waals surface area (Å²) in [5.74, 6) is 1.20. The molecule has 0 radical (unpaired) electrons. The summed E-state index contributed by atoms with van der Waals surface area (Å²) >= 11 is 6.35. The van der Waals surface area contributed by atoms with Crippen LogP contribution in [0.1, 0.15) is 38.7 Å². The standard InChI is InChI=1S/C15H18ClNO3/c1-10(2)20-14-8-12(16)11(7-13(14)19-3)15(17-9-18)5-4-6-15/h7-8,10H,4-6H2,1-3H3. The number of aliphatic imine (C=N–C) groups is 1. The van der Waals surface area contributed by atoms with E-state index in [4.69, 9.17) is 21.1 Å². The van der Waals surface area contributed by atoms with Gasteiger partial charge >= 0.3 is 0 Å². The molecule has 0 unspecified atom stereocenters. The fourth-order valence-corrected chi connectivity index (χ4v) is 2.77. The molecule has 0 aromatic heterocycles. The van der Waals surface area contributed by atoms with Gasteiger partial charge in [0.25, 0.3) is 0 Å². The number of benzene rings is 1. The Kier molecular flexibility index (Phi) is 4.36. The Morgan fingerprint density at radius 1 is 1.35 bits per heavy atom. The summed E-state index contributed by atoms with van der Waals surface area (Å²) in [6.45, 7) is 3.87. The van der Waals surface area contributed by atoms with Gasteiger partial charge in [-0.1, -0.05) is 11.6 Å². The smallest absolute Gasteiger partial charge is 0.235 e. The zero-order chi connectivity index (χ0) is 14.8. The molecule has 2 rings (SSSR count). The molecule has 1 fully saturated rings. The van der Waals surface area contributed by atoms with Gasteiger partial charge in [-0.2, -0.15) is 4.99 Å². The molecule has 1 aromatic rings. The molecule has 20 heavy (non-hydrogen) atoms. The summed E-state index contributed by atoms with van der Waals surface area (Å²) in [5.41, 5.74) is 0.268. The van der Waals surface area contributed by atoms with Crippen molar-refractivity contribution in [2.45, 2.75) is 44.8 Å². The average molecular weight is 296 g/mol. The highest BCUT2D eigenvalue weighted by atomic mass is 35.5. The van der Waals surface area contributed by atoms with E-state index in [1.165, 1.54) is 0 Å². The minimum absolute atomic E-state index is 0.0245. The Bertz CT molecular complexity index is 546. The number of carbonyl (C=O) groups excluding carboxylic acids is 1. The van der Waals surface area contributed by atoms with Gasteiger partial charge in [0.05, 0.1) is 23.8 Å². The molecule has 0 saturated heterocycles. The number of ether oxygens (including phenoxy) is 2. The van der Waals surface area contributed by atoms with Crippen LogP contribution < -0.4 is 9.47 Å². The maximum atomic E-state index is 10.7. The van der Waals surface area contributed by atoms with Crippen LogP contribution in [-0.2, 0) is 10.3 Å². The van der Waals surface area contributed by atoms with E-state index in [9.17, 15) is 4.79 Å². The second-order valence-corrected chi connectivity index (χ2v) is 5.64. The molecular formula is C15H18ClNO3. The maximum Gasteiger partial charge on any atom is 0.235 e. The van der Waals surface area contributed by atoms with Gasteiger partial charge in [0.2, 0.25) is 6.08 Å². The van der Waals surface area contributed by atoms with E-state index in [2.05, 4.69) is 4.99 Å². The van der Waals surface area contributed by atoms with Crippen LogP contribution >= 0.6 is 11.6 Å². The molecule has 4 nitrogen and oxygen atoms in total. The molecule has 0 aliphatic heterocycles. The second-order valence-electron chi connectivity index (χ2n) is 5.24. The molecule has 0 N–H and O–H groups in total. The van der Waals surface area contributed by atoms with Crippen LogP contribution in [0.2, 0.25) is 5.02 Å². The van der Waals surface area contributed by atoms with Gasteiger partial charge in [-0.3, -0.25) is 0 Å². The van der Waals surface area contributed by atoms with Gasteiger partial charge < -0.3 is 9.47 Å². The minimum Gasteiger partial charge on any atom is -0.493 e. The van der Waals surface area contributed by atoms with Crippen molar-refractivity contribution in [3.8, 4) is 11.5 Å². The van der Waals surface area contributed by atoms with Gasteiger partial charge in [0, 0.05) is 11.6 Å². The third-order valence-electron chi connectivity index (χ3n) is 3.56. The number of rotatable bonds is 5. The van der Waals surface area contributed by atoms with Gasteiger partial charge in [-0.15, -0.1) is 0 Å². The maximum absolute atomic E-state index is 10.7. The molecule has 1 aromatic carbocycles. The van der Waals surface area contributed by atoms with Crippen LogP contribution in [0.15, 0.2) is 17.1 Å². The van der Waals surface area contributed by atoms with Crippen LogP contribution in [0.25, 0.3) is 0 Å². The number of hydrogen-bond acceptors (Lipinski definition) is 4. The second kappa shape index (κ2) is 5.86. The van der Waals surface area contributed by atoms with Crippen molar-refractivity contribution < 1.29 is 14.3 Å². The number of isocyanates is 1. The molecule has 0 atom stereocenters. The van der Waals surface area contributed by atoms with Crippen molar-refractivity contribution in [3.05, 3.63) is 22.7 Å². The quantitative estimate of drug-likeness (QED) is 0.612. The van der Waals surface area contributed by atoms with E-state index in [0.717, 1.165) is 24.8 Å². The highest BCUT2D eigenvalue weighted by molar-refractivity contribution is 6.31. The van der Waals surface area contributed by atoms with Gasteiger partial charge in [0.15, 0.2) is 11.5 Å². The summed E-state index contributed by atoms with van der Waals surface area (Å²) in [4.78, 5) is 14.6. The first-order chi connectivity index (χ1) is 9.52. The Morgan fingerprint density at radius 3 is 2.50 bits per heavy atom. The highest BCUT2D eigenvalue weighted by Gasteiger charge is 2.41. The molecule has 108 valence electrons. The average Bonchev–Trinajstić information content (AvgIpc) is 2.34. The van der Waals surface area contributed by atoms with Crippen molar-refractivity contribution in [1.82, 2.24) is 0 Å². The lowest BCUT2D eigenvalue weighted by atomic mass is 9.72. The molecular weight excluding hydrogens is 278 g/mol. The van der Waals surface area contributed by atoms with E-state index >= 15 is 0 Å². The molecule has 1 aliphatic carbocycles. The Labute approximate surface area is 123 Å². The van der Waals surface area contributed by atoms with Crippen molar-refractivity contribution >= 4 is 17.7 Å². The Hall–Kier alpha value is -1.51. The van der Waals surface area contributed by atoms with Crippen LogP contribution in [0.3, 0.4) is 0 Å². The molecule has 0 amide bonds. The van der Waals surface area contributed by atoms with Crippen LogP contribution in [0, 0.1) is 0 Å².